The van der Waals surface area contributed by atoms with Crippen LogP contribution in [0.5, 0.6) is 5.75 Å². The van der Waals surface area contributed by atoms with Crippen molar-refractivity contribution in [2.45, 2.75) is 13.1 Å². The van der Waals surface area contributed by atoms with Crippen molar-refractivity contribution in [2.75, 3.05) is 0 Å². The Balaban J connectivity index is 2.13. The fourth-order valence-electron chi connectivity index (χ4n) is 3.48. The zero-order valence-electron chi connectivity index (χ0n) is 13.4. The third-order valence-corrected chi connectivity index (χ3v) is 11.1. The van der Waals surface area contributed by atoms with Crippen LogP contribution in [0, 0.1) is 0 Å². The average Bonchev–Trinajstić information content (AvgIpc) is 2.95. The molecule has 2 aromatic carbocycles. The van der Waals surface area contributed by atoms with Crippen molar-refractivity contribution in [2.24, 2.45) is 4.99 Å². The molecule has 1 aliphatic rings. The number of aromatic hydroxyl groups is 1. The van der Waals surface area contributed by atoms with Gasteiger partial charge in [-0.15, -0.1) is 0 Å². The van der Waals surface area contributed by atoms with Crippen LogP contribution in [0.1, 0.15) is 0 Å². The minimum absolute atomic E-state index is 0.283. The SMILES string of the molecule is C=c1ccc2c(c1-c1ccc(Br)[se]1)[Si](C)(C)c1cc(O)ccc1N=2. The molecule has 0 saturated carbocycles. The van der Waals surface area contributed by atoms with Crippen molar-refractivity contribution in [3.63, 3.8) is 0 Å². The molecule has 120 valence electrons. The van der Waals surface area contributed by atoms with Gasteiger partial charge in [0.15, 0.2) is 0 Å². The van der Waals surface area contributed by atoms with Gasteiger partial charge < -0.3 is 0 Å². The summed E-state index contributed by atoms with van der Waals surface area (Å²) in [5.41, 5.74) is 2.26. The average molecular weight is 461 g/mol. The van der Waals surface area contributed by atoms with Crippen LogP contribution in [0.3, 0.4) is 0 Å². The molecule has 1 aliphatic heterocycles. The van der Waals surface area contributed by atoms with Crippen molar-refractivity contribution in [3.8, 4) is 15.8 Å². The number of hydrogen-bond donors (Lipinski definition) is 1. The summed E-state index contributed by atoms with van der Waals surface area (Å²) >= 11 is 3.91. The van der Waals surface area contributed by atoms with E-state index in [1.54, 1.807) is 6.07 Å². The van der Waals surface area contributed by atoms with E-state index in [0.717, 1.165) is 16.3 Å². The van der Waals surface area contributed by atoms with E-state index < -0.39 is 8.07 Å². The molecule has 0 bridgehead atoms. The Kier molecular flexibility index (Phi) is 3.73. The first-order chi connectivity index (χ1) is 11.4. The van der Waals surface area contributed by atoms with E-state index in [0.29, 0.717) is 5.75 Å². The number of hydrogen-bond acceptors (Lipinski definition) is 2. The van der Waals surface area contributed by atoms with Crippen molar-refractivity contribution >= 4 is 61.1 Å². The number of phenols is 1. The van der Waals surface area contributed by atoms with Crippen molar-refractivity contribution in [1.82, 2.24) is 0 Å². The summed E-state index contributed by atoms with van der Waals surface area (Å²) in [4.78, 5) is 4.88. The van der Waals surface area contributed by atoms with Gasteiger partial charge in [-0.05, 0) is 0 Å². The first-order valence-electron chi connectivity index (χ1n) is 7.68. The molecule has 0 fully saturated rings. The van der Waals surface area contributed by atoms with E-state index in [4.69, 9.17) is 4.99 Å². The second-order valence-electron chi connectivity index (χ2n) is 6.54. The normalized spacial score (nSPS) is 14.6. The quantitative estimate of drug-likeness (QED) is 0.555. The maximum atomic E-state index is 9.98. The molecular weight excluding hydrogens is 445 g/mol. The van der Waals surface area contributed by atoms with Gasteiger partial charge in [-0.1, -0.05) is 0 Å². The first-order valence-corrected chi connectivity index (χ1v) is 13.2. The summed E-state index contributed by atoms with van der Waals surface area (Å²) in [6.07, 6.45) is 0. The van der Waals surface area contributed by atoms with E-state index >= 15 is 0 Å². The minimum atomic E-state index is -1.99. The number of fused-ring (bicyclic) bond motifs is 2. The molecule has 2 heterocycles. The Morgan fingerprint density at radius 2 is 1.92 bits per heavy atom. The molecule has 1 aromatic heterocycles. The van der Waals surface area contributed by atoms with Crippen LogP contribution in [0.4, 0.5) is 5.69 Å². The van der Waals surface area contributed by atoms with E-state index in [-0.39, 0.29) is 14.5 Å². The van der Waals surface area contributed by atoms with Gasteiger partial charge in [-0.3, -0.25) is 0 Å². The first kappa shape index (κ1) is 16.1. The molecular formula is C19H16BrNOSeSi. The van der Waals surface area contributed by atoms with E-state index in [1.807, 2.05) is 12.1 Å². The molecule has 0 aliphatic carbocycles. The van der Waals surface area contributed by atoms with Gasteiger partial charge in [0.05, 0.1) is 0 Å². The maximum absolute atomic E-state index is 9.98. The summed E-state index contributed by atoms with van der Waals surface area (Å²) in [6.45, 7) is 8.98. The Labute approximate surface area is 156 Å². The van der Waals surface area contributed by atoms with Gasteiger partial charge in [0.25, 0.3) is 0 Å². The van der Waals surface area contributed by atoms with Crippen molar-refractivity contribution < 1.29 is 5.11 Å². The van der Waals surface area contributed by atoms with Crippen LogP contribution in [-0.4, -0.2) is 27.7 Å². The van der Waals surface area contributed by atoms with Gasteiger partial charge in [0, 0.05) is 0 Å². The number of halogens is 1. The molecule has 1 N–H and O–H groups in total. The molecule has 0 saturated heterocycles. The van der Waals surface area contributed by atoms with Gasteiger partial charge in [0.1, 0.15) is 0 Å². The fraction of sp³-hybridized carbons (Fsp3) is 0.105. The van der Waals surface area contributed by atoms with Crippen LogP contribution in [0.25, 0.3) is 16.6 Å². The topological polar surface area (TPSA) is 32.6 Å². The Morgan fingerprint density at radius 3 is 2.62 bits per heavy atom. The van der Waals surface area contributed by atoms with Gasteiger partial charge >= 0.3 is 156 Å². The Bertz CT molecular complexity index is 1090. The Hall–Kier alpha value is -1.39. The predicted molar refractivity (Wildman–Crippen MR) is 107 cm³/mol. The molecule has 24 heavy (non-hydrogen) atoms. The van der Waals surface area contributed by atoms with Gasteiger partial charge in [0.2, 0.25) is 0 Å². The third kappa shape index (κ3) is 2.39. The molecule has 0 amide bonds. The molecule has 2 nitrogen and oxygen atoms in total. The number of rotatable bonds is 1. The second kappa shape index (κ2) is 5.56. The summed E-state index contributed by atoms with van der Waals surface area (Å²) in [5.74, 6) is 0.314. The standard InChI is InChI=1S/C19H16BrNOSeSi/c1-11-4-6-14-19(18(11)15-8-9-17(20)23-15)24(2,3)16-10-12(22)5-7-13(16)21-14/h4-10,22H,1H2,2-3H3. The van der Waals surface area contributed by atoms with Crippen LogP contribution >= 0.6 is 15.9 Å². The summed E-state index contributed by atoms with van der Waals surface area (Å²) < 4.78 is 2.61. The molecule has 4 rings (SSSR count). The van der Waals surface area contributed by atoms with Crippen LogP contribution in [-0.2, 0) is 0 Å². The molecule has 3 aromatic rings. The zero-order valence-corrected chi connectivity index (χ0v) is 17.7. The zero-order chi connectivity index (χ0) is 17.1. The van der Waals surface area contributed by atoms with E-state index in [9.17, 15) is 5.11 Å². The second-order valence-corrected chi connectivity index (χ2v) is 15.1. The van der Waals surface area contributed by atoms with Crippen molar-refractivity contribution in [3.05, 3.63) is 56.4 Å². The van der Waals surface area contributed by atoms with Gasteiger partial charge in [-0.25, -0.2) is 0 Å². The van der Waals surface area contributed by atoms with E-state index in [1.165, 1.54) is 23.7 Å². The van der Waals surface area contributed by atoms with E-state index in [2.05, 4.69) is 59.9 Å². The fourth-order valence-corrected chi connectivity index (χ4v) is 9.69. The van der Waals surface area contributed by atoms with Crippen LogP contribution in [0.15, 0.2) is 50.8 Å². The molecule has 0 atom stereocenters. The molecule has 0 unspecified atom stereocenters. The monoisotopic (exact) mass is 461 g/mol. The molecule has 0 spiro atoms. The number of benzene rings is 2. The summed E-state index contributed by atoms with van der Waals surface area (Å²) in [7, 11) is -1.99. The predicted octanol–water partition coefficient (Wildman–Crippen LogP) is 2.38. The number of nitrogens with zero attached hydrogens (tertiary/aromatic N) is 1. The number of phenolic OH excluding ortho intramolecular Hbond substituents is 1. The summed E-state index contributed by atoms with van der Waals surface area (Å²) in [6, 6.07) is 14.1. The Morgan fingerprint density at radius 1 is 1.12 bits per heavy atom. The van der Waals surface area contributed by atoms with Crippen LogP contribution < -0.4 is 20.9 Å². The summed E-state index contributed by atoms with van der Waals surface area (Å²) in [5, 5.41) is 14.7. The van der Waals surface area contributed by atoms with Gasteiger partial charge in [-0.2, -0.15) is 0 Å². The third-order valence-electron chi connectivity index (χ3n) is 4.61. The molecule has 5 heteroatoms. The molecule has 0 radical (unpaired) electrons. The van der Waals surface area contributed by atoms with Crippen molar-refractivity contribution in [1.29, 1.82) is 0 Å². The van der Waals surface area contributed by atoms with Crippen LogP contribution in [0.2, 0.25) is 13.1 Å².